The van der Waals surface area contributed by atoms with Gasteiger partial charge in [-0.3, -0.25) is 4.79 Å². The summed E-state index contributed by atoms with van der Waals surface area (Å²) in [6.07, 6.45) is 6.05. The molecule has 0 amide bonds. The lowest BCUT2D eigenvalue weighted by atomic mass is 9.80. The van der Waals surface area contributed by atoms with E-state index < -0.39 is 23.6 Å². The highest BCUT2D eigenvalue weighted by atomic mass is 35.5. The molecule has 0 aliphatic carbocycles. The van der Waals surface area contributed by atoms with Crippen LogP contribution in [0, 0.1) is 12.3 Å². The standard InChI is InChI=1S/C21H23N5O5.C6H6.ClH/c1-5-11-7-8-14-15(13(11)9-12-10-24-20(23)25-17(12)22)16(27)21(31-4,19(28)29)18(30-3)26(14)6-2;1-2-4-6-5-3-1;/h1,7-8,10,18H,6,9H2,2-4H3,(H,28,29)(H4,22,23,24,25);1-6H;1H. The van der Waals surface area contributed by atoms with E-state index in [-0.39, 0.29) is 36.2 Å². The van der Waals surface area contributed by atoms with Crippen molar-refractivity contribution in [1.82, 2.24) is 9.97 Å². The fourth-order valence-corrected chi connectivity index (χ4v) is 4.35. The van der Waals surface area contributed by atoms with Crippen LogP contribution in [-0.2, 0) is 20.7 Å². The Morgan fingerprint density at radius 2 is 1.79 bits per heavy atom. The largest absolute Gasteiger partial charge is 0.479 e. The Bertz CT molecular complexity index is 1300. The molecule has 1 aliphatic heterocycles. The van der Waals surface area contributed by atoms with Gasteiger partial charge in [-0.05, 0) is 24.6 Å². The van der Waals surface area contributed by atoms with Crippen LogP contribution < -0.4 is 16.4 Å². The molecule has 11 heteroatoms. The first-order valence-electron chi connectivity index (χ1n) is 11.4. The van der Waals surface area contributed by atoms with Crippen molar-refractivity contribution >= 4 is 41.6 Å². The van der Waals surface area contributed by atoms with Crippen LogP contribution >= 0.6 is 12.4 Å². The van der Waals surface area contributed by atoms with E-state index in [9.17, 15) is 14.7 Å². The van der Waals surface area contributed by atoms with E-state index >= 15 is 0 Å². The summed E-state index contributed by atoms with van der Waals surface area (Å²) in [5, 5.41) is 10.0. The number of rotatable bonds is 6. The molecule has 0 radical (unpaired) electrons. The maximum Gasteiger partial charge on any atom is 0.349 e. The fourth-order valence-electron chi connectivity index (χ4n) is 4.35. The zero-order chi connectivity index (χ0) is 27.2. The summed E-state index contributed by atoms with van der Waals surface area (Å²) in [6.45, 7) is 2.16. The van der Waals surface area contributed by atoms with Crippen LogP contribution in [0.3, 0.4) is 0 Å². The lowest BCUT2D eigenvalue weighted by Gasteiger charge is -2.46. The van der Waals surface area contributed by atoms with Crippen molar-refractivity contribution in [3.05, 3.63) is 77.0 Å². The van der Waals surface area contributed by atoms with Gasteiger partial charge in [0.15, 0.2) is 6.23 Å². The number of likely N-dealkylation sites (N-methyl/N-ethyl adjacent to an activating group) is 1. The molecule has 5 N–H and O–H groups in total. The van der Waals surface area contributed by atoms with Gasteiger partial charge in [0, 0.05) is 50.1 Å². The van der Waals surface area contributed by atoms with Gasteiger partial charge >= 0.3 is 5.97 Å². The third kappa shape index (κ3) is 5.40. The van der Waals surface area contributed by atoms with Gasteiger partial charge in [0.1, 0.15) is 5.82 Å². The Hall–Kier alpha value is -4.17. The second kappa shape index (κ2) is 12.9. The molecule has 2 heterocycles. The minimum absolute atomic E-state index is 0. The first kappa shape index (κ1) is 30.1. The third-order valence-electron chi connectivity index (χ3n) is 6.11. The van der Waals surface area contributed by atoms with E-state index in [1.165, 1.54) is 13.3 Å². The van der Waals surface area contributed by atoms with Gasteiger partial charge in [-0.1, -0.05) is 42.3 Å². The number of hydrogen-bond acceptors (Lipinski definition) is 9. The quantitative estimate of drug-likeness (QED) is 0.314. The Morgan fingerprint density at radius 3 is 2.24 bits per heavy atom. The van der Waals surface area contributed by atoms with E-state index in [0.717, 1.165) is 7.11 Å². The molecule has 1 aliphatic rings. The molecule has 10 nitrogen and oxygen atoms in total. The second-order valence-electron chi connectivity index (χ2n) is 8.05. The molecule has 4 rings (SSSR count). The number of nitrogen functional groups attached to an aromatic ring is 2. The highest BCUT2D eigenvalue weighted by Gasteiger charge is 2.60. The molecule has 0 saturated heterocycles. The number of ether oxygens (including phenoxy) is 2. The summed E-state index contributed by atoms with van der Waals surface area (Å²) in [7, 11) is 2.48. The Kier molecular flexibility index (Phi) is 10.2. The summed E-state index contributed by atoms with van der Waals surface area (Å²) >= 11 is 0. The average molecular weight is 540 g/mol. The Balaban J connectivity index is 0.000000637. The van der Waals surface area contributed by atoms with Gasteiger partial charge in [-0.25, -0.2) is 9.78 Å². The normalized spacial score (nSPS) is 17.8. The number of carbonyl (C=O) groups excluding carboxylic acids is 1. The number of terminal acetylenes is 1. The molecule has 3 aromatic rings. The third-order valence-corrected chi connectivity index (χ3v) is 6.11. The Morgan fingerprint density at radius 1 is 1.18 bits per heavy atom. The number of aliphatic carboxylic acids is 1. The molecule has 38 heavy (non-hydrogen) atoms. The highest BCUT2D eigenvalue weighted by molar-refractivity contribution is 6.20. The number of carbonyl (C=O) groups is 2. The number of nitrogens with two attached hydrogens (primary N) is 2. The predicted octanol–water partition coefficient (Wildman–Crippen LogP) is 2.79. The van der Waals surface area contributed by atoms with Crippen LogP contribution in [0.25, 0.3) is 0 Å². The molecule has 0 spiro atoms. The van der Waals surface area contributed by atoms with Crippen LogP contribution in [-0.4, -0.2) is 59.4 Å². The number of hydrogen-bond donors (Lipinski definition) is 3. The smallest absolute Gasteiger partial charge is 0.349 e. The topological polar surface area (TPSA) is 154 Å². The molecule has 200 valence electrons. The maximum atomic E-state index is 13.7. The van der Waals surface area contributed by atoms with Crippen molar-refractivity contribution in [3.8, 4) is 12.3 Å². The highest BCUT2D eigenvalue weighted by Crippen LogP contribution is 2.42. The van der Waals surface area contributed by atoms with Crippen molar-refractivity contribution in [1.29, 1.82) is 0 Å². The average Bonchev–Trinajstić information content (AvgIpc) is 2.91. The monoisotopic (exact) mass is 539 g/mol. The summed E-state index contributed by atoms with van der Waals surface area (Å²) in [5.74, 6) is 0.459. The zero-order valence-electron chi connectivity index (χ0n) is 21.2. The van der Waals surface area contributed by atoms with Crippen molar-refractivity contribution < 1.29 is 24.2 Å². The molecule has 2 aromatic carbocycles. The lowest BCUT2D eigenvalue weighted by Crippen LogP contribution is -2.67. The number of Topliss-reactive ketones (excluding diaryl/α,β-unsaturated/α-hetero) is 1. The summed E-state index contributed by atoms with van der Waals surface area (Å²) in [6, 6.07) is 15.4. The SMILES string of the molecule is C#Cc1ccc2c(c1Cc1cnc(N)nc1N)C(=O)C(OC)(C(=O)O)C(OC)N2CC.Cl.c1ccccc1. The van der Waals surface area contributed by atoms with E-state index in [0.29, 0.717) is 28.9 Å². The molecule has 0 bridgehead atoms. The number of aromatic nitrogens is 2. The van der Waals surface area contributed by atoms with E-state index in [1.54, 1.807) is 17.0 Å². The first-order chi connectivity index (χ1) is 17.8. The molecule has 0 fully saturated rings. The molecule has 1 aromatic heterocycles. The number of nitrogens with zero attached hydrogens (tertiary/aromatic N) is 3. The Labute approximate surface area is 227 Å². The van der Waals surface area contributed by atoms with Gasteiger partial charge in [0.05, 0.1) is 5.69 Å². The molecular formula is C27H30ClN5O5. The van der Waals surface area contributed by atoms with E-state index in [4.69, 9.17) is 27.4 Å². The summed E-state index contributed by atoms with van der Waals surface area (Å²) in [4.78, 5) is 35.6. The molecule has 0 saturated carbocycles. The van der Waals surface area contributed by atoms with Crippen molar-refractivity contribution in [2.24, 2.45) is 0 Å². The van der Waals surface area contributed by atoms with Gasteiger partial charge in [-0.2, -0.15) is 4.98 Å². The van der Waals surface area contributed by atoms with Crippen LogP contribution in [0.2, 0.25) is 0 Å². The number of halogens is 1. The van der Waals surface area contributed by atoms with Gasteiger partial charge in [0.2, 0.25) is 11.7 Å². The van der Waals surface area contributed by atoms with E-state index in [1.807, 2.05) is 43.3 Å². The van der Waals surface area contributed by atoms with Crippen LogP contribution in [0.1, 0.15) is 34.0 Å². The number of ketones is 1. The van der Waals surface area contributed by atoms with Crippen LogP contribution in [0.15, 0.2) is 54.7 Å². The maximum absolute atomic E-state index is 13.7. The van der Waals surface area contributed by atoms with Crippen molar-refractivity contribution in [2.75, 3.05) is 37.1 Å². The minimum Gasteiger partial charge on any atom is -0.479 e. The van der Waals surface area contributed by atoms with E-state index in [2.05, 4.69) is 15.9 Å². The second-order valence-corrected chi connectivity index (χ2v) is 8.05. The molecular weight excluding hydrogens is 510 g/mol. The van der Waals surface area contributed by atoms with Crippen LogP contribution in [0.4, 0.5) is 17.5 Å². The minimum atomic E-state index is -2.29. The number of anilines is 3. The number of methoxy groups -OCH3 is 2. The number of carboxylic acid groups (broad SMARTS) is 1. The van der Waals surface area contributed by atoms with Gasteiger partial charge in [0.25, 0.3) is 5.60 Å². The summed E-state index contributed by atoms with van der Waals surface area (Å²) < 4.78 is 10.8. The van der Waals surface area contributed by atoms with Crippen LogP contribution in [0.5, 0.6) is 0 Å². The van der Waals surface area contributed by atoms with Crippen molar-refractivity contribution in [2.45, 2.75) is 25.2 Å². The predicted molar refractivity (Wildman–Crippen MR) is 147 cm³/mol. The van der Waals surface area contributed by atoms with Gasteiger partial charge in [-0.15, -0.1) is 18.8 Å². The number of benzene rings is 2. The number of carboxylic acids is 1. The molecule has 2 unspecified atom stereocenters. The lowest BCUT2D eigenvalue weighted by molar-refractivity contribution is -0.170. The van der Waals surface area contributed by atoms with Crippen molar-refractivity contribution in [3.63, 3.8) is 0 Å². The molecule has 2 atom stereocenters. The number of fused-ring (bicyclic) bond motifs is 1. The fraction of sp³-hybridized carbons (Fsp3) is 0.259. The summed E-state index contributed by atoms with van der Waals surface area (Å²) in [5.41, 5.74) is 11.2. The first-order valence-corrected chi connectivity index (χ1v) is 11.4. The van der Waals surface area contributed by atoms with Gasteiger partial charge < -0.3 is 30.9 Å². The zero-order valence-corrected chi connectivity index (χ0v) is 22.1.